The van der Waals surface area contributed by atoms with Gasteiger partial charge in [0.2, 0.25) is 10.0 Å². The van der Waals surface area contributed by atoms with Crippen molar-refractivity contribution in [3.63, 3.8) is 0 Å². The van der Waals surface area contributed by atoms with E-state index >= 15 is 0 Å². The highest BCUT2D eigenvalue weighted by Gasteiger charge is 2.40. The maximum absolute atomic E-state index is 12.6. The summed E-state index contributed by atoms with van der Waals surface area (Å²) < 4.78 is 27.8. The molecule has 2 fully saturated rings. The molecular formula is C24H31N9O2S. The number of H-pyrrole nitrogens is 1. The fraction of sp³-hybridized carbons (Fsp3) is 0.500. The Morgan fingerprint density at radius 1 is 1.22 bits per heavy atom. The van der Waals surface area contributed by atoms with Gasteiger partial charge in [0.15, 0.2) is 5.82 Å². The summed E-state index contributed by atoms with van der Waals surface area (Å²) in [6.07, 6.45) is 6.66. The fourth-order valence-electron chi connectivity index (χ4n) is 5.37. The summed E-state index contributed by atoms with van der Waals surface area (Å²) in [6.45, 7) is 2.10. The number of fused-ring (bicyclic) bond motifs is 3. The first kappa shape index (κ1) is 24.4. The van der Waals surface area contributed by atoms with Gasteiger partial charge in [-0.2, -0.15) is 10.4 Å². The molecule has 2 aliphatic heterocycles. The number of aromatic amines is 1. The van der Waals surface area contributed by atoms with Crippen molar-refractivity contribution in [3.05, 3.63) is 36.2 Å². The number of rotatable bonds is 9. The number of nitriles is 1. The van der Waals surface area contributed by atoms with Crippen LogP contribution in [-0.2, 0) is 10.0 Å². The largest absolute Gasteiger partial charge is 0.367 e. The minimum atomic E-state index is -3.47. The monoisotopic (exact) mass is 509 g/mol. The van der Waals surface area contributed by atoms with Crippen molar-refractivity contribution in [1.29, 1.82) is 5.26 Å². The van der Waals surface area contributed by atoms with Gasteiger partial charge in [-0.15, -0.1) is 0 Å². The summed E-state index contributed by atoms with van der Waals surface area (Å²) in [5.41, 5.74) is 1.78. The molecule has 0 saturated carbocycles. The third-order valence-corrected chi connectivity index (χ3v) is 8.19. The van der Waals surface area contributed by atoms with Crippen LogP contribution in [0.5, 0.6) is 0 Å². The number of sulfonamides is 1. The van der Waals surface area contributed by atoms with Crippen LogP contribution in [0.15, 0.2) is 30.5 Å². The molecule has 3 aromatic heterocycles. The van der Waals surface area contributed by atoms with E-state index in [2.05, 4.69) is 35.4 Å². The summed E-state index contributed by atoms with van der Waals surface area (Å²) in [6, 6.07) is 10.2. The molecule has 0 spiro atoms. The average molecular weight is 510 g/mol. The first-order chi connectivity index (χ1) is 17.4. The molecule has 11 nitrogen and oxygen atoms in total. The van der Waals surface area contributed by atoms with Gasteiger partial charge in [0, 0.05) is 60.5 Å². The van der Waals surface area contributed by atoms with Crippen LogP contribution in [0.25, 0.3) is 10.9 Å². The van der Waals surface area contributed by atoms with Crippen LogP contribution >= 0.6 is 0 Å². The van der Waals surface area contributed by atoms with Crippen molar-refractivity contribution in [3.8, 4) is 6.07 Å². The molecule has 1 unspecified atom stereocenters. The van der Waals surface area contributed by atoms with Gasteiger partial charge in [-0.3, -0.25) is 15.0 Å². The van der Waals surface area contributed by atoms with Gasteiger partial charge in [-0.1, -0.05) is 6.42 Å². The first-order valence-corrected chi connectivity index (χ1v) is 14.0. The Morgan fingerprint density at radius 2 is 2.03 bits per heavy atom. The summed E-state index contributed by atoms with van der Waals surface area (Å²) in [5, 5.41) is 23.7. The van der Waals surface area contributed by atoms with E-state index in [1.165, 1.54) is 0 Å². The number of nitrogens with zero attached hydrogens (tertiary/aromatic N) is 5. The van der Waals surface area contributed by atoms with Gasteiger partial charge < -0.3 is 10.6 Å². The molecule has 0 aliphatic carbocycles. The van der Waals surface area contributed by atoms with Gasteiger partial charge in [-0.25, -0.2) is 18.1 Å². The van der Waals surface area contributed by atoms with E-state index in [-0.39, 0.29) is 37.0 Å². The highest BCUT2D eigenvalue weighted by molar-refractivity contribution is 7.89. The number of aryl methyl sites for hydroxylation is 1. The van der Waals surface area contributed by atoms with Gasteiger partial charge in [0.05, 0.1) is 11.6 Å². The molecule has 4 N–H and O–H groups in total. The van der Waals surface area contributed by atoms with Gasteiger partial charge >= 0.3 is 0 Å². The Hall–Kier alpha value is -3.27. The number of hydrogen-bond donors (Lipinski definition) is 4. The third-order valence-electron chi connectivity index (χ3n) is 6.91. The molecule has 190 valence electrons. The van der Waals surface area contributed by atoms with Crippen molar-refractivity contribution in [2.24, 2.45) is 0 Å². The van der Waals surface area contributed by atoms with Crippen LogP contribution in [0.4, 0.5) is 17.5 Å². The fourth-order valence-corrected chi connectivity index (χ4v) is 6.69. The van der Waals surface area contributed by atoms with Gasteiger partial charge in [0.1, 0.15) is 17.5 Å². The molecule has 0 amide bonds. The summed E-state index contributed by atoms with van der Waals surface area (Å²) >= 11 is 0. The lowest BCUT2D eigenvalue weighted by molar-refractivity contribution is 0.0521. The molecule has 0 aromatic carbocycles. The maximum Gasteiger partial charge on any atom is 0.224 e. The number of nitrogens with one attached hydrogen (secondary N) is 4. The number of pyridine rings is 2. The molecule has 5 rings (SSSR count). The molecular weight excluding hydrogens is 478 g/mol. The first-order valence-electron chi connectivity index (χ1n) is 12.3. The molecule has 36 heavy (non-hydrogen) atoms. The van der Waals surface area contributed by atoms with Crippen molar-refractivity contribution in [1.82, 2.24) is 29.8 Å². The average Bonchev–Trinajstić information content (AvgIpc) is 3.24. The predicted octanol–water partition coefficient (Wildman–Crippen LogP) is 2.99. The smallest absolute Gasteiger partial charge is 0.224 e. The Bertz CT molecular complexity index is 1350. The van der Waals surface area contributed by atoms with Crippen LogP contribution in [0.3, 0.4) is 0 Å². The molecule has 2 aliphatic rings. The second-order valence-corrected chi connectivity index (χ2v) is 11.4. The lowest BCUT2D eigenvalue weighted by Gasteiger charge is -2.48. The molecule has 2 saturated heterocycles. The zero-order valence-corrected chi connectivity index (χ0v) is 21.1. The second kappa shape index (κ2) is 10.4. The Balaban J connectivity index is 1.33. The number of anilines is 3. The normalized spacial score (nSPS) is 22.3. The lowest BCUT2D eigenvalue weighted by Crippen LogP contribution is -2.57. The van der Waals surface area contributed by atoms with Crippen molar-refractivity contribution in [2.45, 2.75) is 63.6 Å². The van der Waals surface area contributed by atoms with E-state index in [1.54, 1.807) is 6.20 Å². The minimum Gasteiger partial charge on any atom is -0.367 e. The van der Waals surface area contributed by atoms with E-state index in [0.29, 0.717) is 11.6 Å². The van der Waals surface area contributed by atoms with E-state index in [9.17, 15) is 8.42 Å². The Morgan fingerprint density at radius 3 is 2.75 bits per heavy atom. The Kier molecular flexibility index (Phi) is 7.04. The summed E-state index contributed by atoms with van der Waals surface area (Å²) in [4.78, 5) is 11.5. The topological polar surface area (TPSA) is 152 Å². The van der Waals surface area contributed by atoms with Crippen molar-refractivity contribution in [2.75, 3.05) is 23.1 Å². The summed E-state index contributed by atoms with van der Waals surface area (Å²) in [7, 11) is -3.47. The highest BCUT2D eigenvalue weighted by Crippen LogP contribution is 2.36. The number of hydrogen-bond acceptors (Lipinski definition) is 9. The zero-order chi connectivity index (χ0) is 25.1. The van der Waals surface area contributed by atoms with Crippen LogP contribution in [0, 0.1) is 18.3 Å². The Labute approximate surface area is 210 Å². The SMILES string of the molecule is Cc1cc(Nc2cc3ncccc3c(NC3C[C@H]4CCC[C@@H](C3)N4CS(=O)(=O)NCCC#N)n2)n[nH]1. The van der Waals surface area contributed by atoms with Crippen molar-refractivity contribution >= 4 is 38.4 Å². The van der Waals surface area contributed by atoms with E-state index < -0.39 is 10.0 Å². The molecule has 3 atom stereocenters. The minimum absolute atomic E-state index is 0.0198. The molecule has 3 aromatic rings. The van der Waals surface area contributed by atoms with E-state index in [0.717, 1.165) is 54.5 Å². The molecule has 2 bridgehead atoms. The lowest BCUT2D eigenvalue weighted by atomic mass is 9.82. The standard InChI is InChI=1S/C24H31N9O2S/c1-16-11-23(32-31-16)29-22-14-21-20(7-3-9-26-21)24(30-22)28-17-12-18-5-2-6-19(13-17)33(18)15-36(34,35)27-10-4-8-25/h3,7,9,11,14,17-19,27H,2,4-6,10,12-13,15H2,1H3,(H3,28,29,30,31,32)/t17?,18-,19+. The highest BCUT2D eigenvalue weighted by atomic mass is 32.2. The van der Waals surface area contributed by atoms with E-state index in [4.69, 9.17) is 10.2 Å². The van der Waals surface area contributed by atoms with Crippen LogP contribution in [0.1, 0.15) is 44.2 Å². The number of piperidine rings is 2. The zero-order valence-electron chi connectivity index (χ0n) is 20.2. The molecule has 0 radical (unpaired) electrons. The van der Waals surface area contributed by atoms with Crippen LogP contribution in [-0.4, -0.2) is 64.0 Å². The molecule has 5 heterocycles. The third kappa shape index (κ3) is 5.59. The summed E-state index contributed by atoms with van der Waals surface area (Å²) in [5.74, 6) is 2.09. The number of aromatic nitrogens is 4. The van der Waals surface area contributed by atoms with Crippen LogP contribution in [0.2, 0.25) is 0 Å². The van der Waals surface area contributed by atoms with Crippen LogP contribution < -0.4 is 15.4 Å². The van der Waals surface area contributed by atoms with Gasteiger partial charge in [0.25, 0.3) is 0 Å². The van der Waals surface area contributed by atoms with Crippen molar-refractivity contribution < 1.29 is 8.42 Å². The molecule has 12 heteroatoms. The second-order valence-electron chi connectivity index (χ2n) is 9.60. The maximum atomic E-state index is 12.6. The van der Waals surface area contributed by atoms with Gasteiger partial charge in [-0.05, 0) is 44.7 Å². The predicted molar refractivity (Wildman–Crippen MR) is 138 cm³/mol. The van der Waals surface area contributed by atoms with E-state index in [1.807, 2.05) is 37.3 Å². The quantitative estimate of drug-likeness (QED) is 0.319.